The maximum Gasteiger partial charge on any atom is 0.326 e. The van der Waals surface area contributed by atoms with Gasteiger partial charge in [-0.15, -0.1) is 0 Å². The number of nitrogens with one attached hydrogen (secondary N) is 2. The maximum absolute atomic E-state index is 12.6. The lowest BCUT2D eigenvalue weighted by Crippen LogP contribution is -2.49. The number of aliphatic carboxylic acids is 3. The van der Waals surface area contributed by atoms with Crippen LogP contribution in [-0.4, -0.2) is 98.6 Å². The van der Waals surface area contributed by atoms with E-state index in [2.05, 4.69) is 10.6 Å². The third-order valence-electron chi connectivity index (χ3n) is 4.94. The van der Waals surface area contributed by atoms with Gasteiger partial charge >= 0.3 is 17.9 Å². The van der Waals surface area contributed by atoms with E-state index in [1.807, 2.05) is 0 Å². The zero-order chi connectivity index (χ0) is 25.8. The molecule has 0 saturated carbocycles. The van der Waals surface area contributed by atoms with Crippen LogP contribution in [0, 0.1) is 5.92 Å². The second-order valence-electron chi connectivity index (χ2n) is 7.71. The van der Waals surface area contributed by atoms with Crippen molar-refractivity contribution in [2.45, 2.75) is 50.7 Å². The molecule has 192 valence electrons. The summed E-state index contributed by atoms with van der Waals surface area (Å²) in [6, 6.07) is -3.14. The Morgan fingerprint density at radius 1 is 1.09 bits per heavy atom. The minimum Gasteiger partial charge on any atom is -0.480 e. The molecule has 0 spiro atoms. The van der Waals surface area contributed by atoms with E-state index in [1.54, 1.807) is 6.92 Å². The first kappa shape index (κ1) is 29.5. The van der Waals surface area contributed by atoms with Crippen molar-refractivity contribution in [2.24, 2.45) is 11.7 Å². The van der Waals surface area contributed by atoms with E-state index in [0.717, 1.165) is 0 Å². The summed E-state index contributed by atoms with van der Waals surface area (Å²) < 4.78 is 0. The number of rotatable bonds is 15. The van der Waals surface area contributed by atoms with Crippen LogP contribution in [-0.2, 0) is 28.8 Å². The van der Waals surface area contributed by atoms with Gasteiger partial charge in [0.1, 0.15) is 24.7 Å². The van der Waals surface area contributed by atoms with Crippen molar-refractivity contribution in [3.8, 4) is 0 Å². The molecule has 4 atom stereocenters. The van der Waals surface area contributed by atoms with Gasteiger partial charge in [0.2, 0.25) is 17.7 Å². The first-order valence-electron chi connectivity index (χ1n) is 10.5. The second kappa shape index (κ2) is 14.7. The van der Waals surface area contributed by atoms with E-state index in [-0.39, 0.29) is 24.5 Å². The summed E-state index contributed by atoms with van der Waals surface area (Å²) in [6.07, 6.45) is 0.668. The smallest absolute Gasteiger partial charge is 0.326 e. The monoisotopic (exact) mass is 522 g/mol. The molecular weight excluding hydrogens is 492 g/mol. The Morgan fingerprint density at radius 3 is 2.32 bits per heavy atom. The Kier molecular flexibility index (Phi) is 12.7. The molecule has 3 amide bonds. The number of hydrogen-bond acceptors (Lipinski definition) is 9. The second-order valence-corrected chi connectivity index (χ2v) is 10.3. The number of nitrogens with two attached hydrogens (primary N) is 1. The molecule has 0 aliphatic carbocycles. The summed E-state index contributed by atoms with van der Waals surface area (Å²) in [5, 5.41) is 31.4. The van der Waals surface area contributed by atoms with E-state index < -0.39 is 60.3 Å². The fourth-order valence-corrected chi connectivity index (χ4v) is 5.56. The molecule has 15 heteroatoms. The van der Waals surface area contributed by atoms with E-state index in [4.69, 9.17) is 15.9 Å². The number of nitrogens with zero attached hydrogens (tertiary/aromatic N) is 1. The van der Waals surface area contributed by atoms with E-state index in [9.17, 15) is 33.9 Å². The molecule has 1 heterocycles. The van der Waals surface area contributed by atoms with Crippen LogP contribution in [0.3, 0.4) is 0 Å². The minimum absolute atomic E-state index is 0.0508. The Bertz CT molecular complexity index is 783. The number of carboxylic acids is 3. The van der Waals surface area contributed by atoms with Crippen LogP contribution in [0.25, 0.3) is 0 Å². The van der Waals surface area contributed by atoms with E-state index in [1.165, 1.54) is 26.5 Å². The van der Waals surface area contributed by atoms with Gasteiger partial charge in [-0.2, -0.15) is 0 Å². The predicted molar refractivity (Wildman–Crippen MR) is 124 cm³/mol. The number of hydrogen-bond donors (Lipinski definition) is 6. The molecule has 1 fully saturated rings. The van der Waals surface area contributed by atoms with Crippen LogP contribution in [0.5, 0.6) is 0 Å². The number of carbonyl (C=O) groups is 6. The molecule has 1 aliphatic heterocycles. The number of amides is 3. The fraction of sp³-hybridized carbons (Fsp3) is 0.684. The lowest BCUT2D eigenvalue weighted by molar-refractivity contribution is -0.149. The normalized spacial score (nSPS) is 17.9. The Morgan fingerprint density at radius 2 is 1.74 bits per heavy atom. The lowest BCUT2D eigenvalue weighted by Gasteiger charge is -2.24. The summed E-state index contributed by atoms with van der Waals surface area (Å²) in [6.45, 7) is 1.43. The number of carbonyl (C=O) groups excluding carboxylic acids is 3. The van der Waals surface area contributed by atoms with Crippen molar-refractivity contribution in [3.05, 3.63) is 0 Å². The number of likely N-dealkylation sites (tertiary alicyclic amines) is 1. The van der Waals surface area contributed by atoms with E-state index in [0.29, 0.717) is 25.1 Å². The first-order chi connectivity index (χ1) is 15.9. The lowest BCUT2D eigenvalue weighted by atomic mass is 10.1. The summed E-state index contributed by atoms with van der Waals surface area (Å²) >= 11 is 0. The van der Waals surface area contributed by atoms with Gasteiger partial charge in [-0.3, -0.25) is 24.0 Å². The maximum atomic E-state index is 12.6. The van der Waals surface area contributed by atoms with E-state index >= 15 is 0 Å². The minimum atomic E-state index is -1.26. The molecule has 1 aliphatic rings. The fourth-order valence-electron chi connectivity index (χ4n) is 3.05. The average molecular weight is 523 g/mol. The highest BCUT2D eigenvalue weighted by Crippen LogP contribution is 2.27. The molecule has 0 aromatic rings. The summed E-state index contributed by atoms with van der Waals surface area (Å²) in [7, 11) is 2.43. The Labute approximate surface area is 203 Å². The van der Waals surface area contributed by atoms with Crippen LogP contribution in [0.4, 0.5) is 0 Å². The molecule has 0 radical (unpaired) electrons. The quantitative estimate of drug-likeness (QED) is 0.112. The molecule has 1 saturated heterocycles. The van der Waals surface area contributed by atoms with Gasteiger partial charge in [-0.1, -0.05) is 28.5 Å². The Balaban J connectivity index is 2.57. The van der Waals surface area contributed by atoms with Gasteiger partial charge in [-0.05, 0) is 19.3 Å². The summed E-state index contributed by atoms with van der Waals surface area (Å²) in [5.74, 6) is -5.25. The van der Waals surface area contributed by atoms with Crippen LogP contribution >= 0.6 is 21.6 Å². The standard InChI is InChI=1S/C19H30N4O9S2/c1-10(17(28)23-6-2-3-13(23)19(31)32)8-33-34-9-12(16(27)21-7-15(25)26)22-14(24)5-4-11(20)18(29)30/h10-13H,2-9,20H2,1H3,(H,21,27)(H,22,24)(H,25,26)(H,29,30)(H,31,32)/t10-,11?,12?,13-/m1/s1. The summed E-state index contributed by atoms with van der Waals surface area (Å²) in [4.78, 5) is 71.1. The number of carboxylic acid groups (broad SMARTS) is 3. The van der Waals surface area contributed by atoms with Crippen molar-refractivity contribution in [3.63, 3.8) is 0 Å². The van der Waals surface area contributed by atoms with Crippen molar-refractivity contribution < 1.29 is 44.1 Å². The third-order valence-corrected chi connectivity index (χ3v) is 7.53. The zero-order valence-corrected chi connectivity index (χ0v) is 20.2. The molecular formula is C19H30N4O9S2. The molecule has 2 unspecified atom stereocenters. The van der Waals surface area contributed by atoms with Gasteiger partial charge < -0.3 is 36.6 Å². The van der Waals surface area contributed by atoms with Crippen LogP contribution < -0.4 is 16.4 Å². The average Bonchev–Trinajstić information content (AvgIpc) is 3.27. The molecule has 0 aromatic carbocycles. The van der Waals surface area contributed by atoms with Gasteiger partial charge in [0, 0.05) is 30.4 Å². The first-order valence-corrected chi connectivity index (χ1v) is 13.0. The SMILES string of the molecule is C[C@H](CSSCC(NC(=O)CCC(N)C(=O)O)C(=O)NCC(=O)O)C(=O)N1CCC[C@@H]1C(=O)O. The van der Waals surface area contributed by atoms with Gasteiger partial charge in [-0.25, -0.2) is 4.79 Å². The van der Waals surface area contributed by atoms with Crippen LogP contribution in [0.15, 0.2) is 0 Å². The molecule has 13 nitrogen and oxygen atoms in total. The van der Waals surface area contributed by atoms with Gasteiger partial charge in [0.25, 0.3) is 0 Å². The topological polar surface area (TPSA) is 216 Å². The zero-order valence-electron chi connectivity index (χ0n) is 18.6. The van der Waals surface area contributed by atoms with Gasteiger partial charge in [0.15, 0.2) is 0 Å². The largest absolute Gasteiger partial charge is 0.480 e. The molecule has 0 aromatic heterocycles. The third kappa shape index (κ3) is 10.2. The molecule has 1 rings (SSSR count). The highest BCUT2D eigenvalue weighted by atomic mass is 33.1. The van der Waals surface area contributed by atoms with Crippen molar-refractivity contribution >= 4 is 57.2 Å². The van der Waals surface area contributed by atoms with Crippen molar-refractivity contribution in [2.75, 3.05) is 24.6 Å². The van der Waals surface area contributed by atoms with Gasteiger partial charge in [0.05, 0.1) is 0 Å². The highest BCUT2D eigenvalue weighted by molar-refractivity contribution is 8.76. The summed E-state index contributed by atoms with van der Waals surface area (Å²) in [5.41, 5.74) is 5.36. The predicted octanol–water partition coefficient (Wildman–Crippen LogP) is -1.04. The molecule has 0 bridgehead atoms. The molecule has 34 heavy (non-hydrogen) atoms. The molecule has 7 N–H and O–H groups in total. The van der Waals surface area contributed by atoms with Crippen molar-refractivity contribution in [1.82, 2.24) is 15.5 Å². The Hall–Kier alpha value is -2.52. The highest BCUT2D eigenvalue weighted by Gasteiger charge is 2.35. The van der Waals surface area contributed by atoms with Crippen molar-refractivity contribution in [1.29, 1.82) is 0 Å². The van der Waals surface area contributed by atoms with Crippen LogP contribution in [0.2, 0.25) is 0 Å². The van der Waals surface area contributed by atoms with Crippen LogP contribution in [0.1, 0.15) is 32.6 Å².